The normalized spacial score (nSPS) is 16.3. The summed E-state index contributed by atoms with van der Waals surface area (Å²) in [6, 6.07) is 15.8. The van der Waals surface area contributed by atoms with Crippen LogP contribution in [0.1, 0.15) is 18.4 Å². The van der Waals surface area contributed by atoms with E-state index >= 15 is 0 Å². The summed E-state index contributed by atoms with van der Waals surface area (Å²) in [5, 5.41) is 0. The van der Waals surface area contributed by atoms with Crippen molar-refractivity contribution < 1.29 is 27.4 Å². The summed E-state index contributed by atoms with van der Waals surface area (Å²) in [7, 11) is -3.93. The molecule has 2 N–H and O–H groups in total. The van der Waals surface area contributed by atoms with Crippen molar-refractivity contribution in [3.8, 4) is 5.75 Å². The maximum absolute atomic E-state index is 13.1. The smallest absolute Gasteiger partial charge is 0.239 e. The third-order valence-electron chi connectivity index (χ3n) is 5.01. The van der Waals surface area contributed by atoms with Crippen LogP contribution in [0.25, 0.3) is 0 Å². The molecule has 1 fully saturated rings. The molecule has 1 saturated heterocycles. The highest BCUT2D eigenvalue weighted by Gasteiger charge is 2.51. The second kappa shape index (κ2) is 9.39. The van der Waals surface area contributed by atoms with Crippen LogP contribution in [0.2, 0.25) is 0 Å². The molecule has 0 saturated carbocycles. The van der Waals surface area contributed by atoms with Crippen LogP contribution in [0, 0.1) is 0 Å². The van der Waals surface area contributed by atoms with Crippen LogP contribution in [0.4, 0.5) is 0 Å². The maximum Gasteiger partial charge on any atom is 0.239 e. The zero-order valence-electron chi connectivity index (χ0n) is 16.1. The van der Waals surface area contributed by atoms with Gasteiger partial charge in [-0.15, -0.1) is 0 Å². The van der Waals surface area contributed by atoms with Gasteiger partial charge in [0.2, 0.25) is 5.91 Å². The summed E-state index contributed by atoms with van der Waals surface area (Å²) in [6.07, 6.45) is 0.114. The summed E-state index contributed by atoms with van der Waals surface area (Å²) in [5.41, 5.74) is 6.56. The summed E-state index contributed by atoms with van der Waals surface area (Å²) in [5.74, 6) is -0.316. The summed E-state index contributed by atoms with van der Waals surface area (Å²) < 4.78 is 40.9. The van der Waals surface area contributed by atoms with Gasteiger partial charge in [-0.2, -0.15) is 0 Å². The highest BCUT2D eigenvalue weighted by Crippen LogP contribution is 2.35. The molecule has 1 heterocycles. The highest BCUT2D eigenvalue weighted by molar-refractivity contribution is 7.93. The molecule has 3 rings (SSSR count). The van der Waals surface area contributed by atoms with Gasteiger partial charge in [0.15, 0.2) is 14.6 Å². The van der Waals surface area contributed by atoms with Gasteiger partial charge in [-0.3, -0.25) is 4.79 Å². The Kier molecular flexibility index (Phi) is 6.89. The Balaban J connectivity index is 1.57. The van der Waals surface area contributed by atoms with Crippen molar-refractivity contribution in [2.75, 3.05) is 26.4 Å². The van der Waals surface area contributed by atoms with Gasteiger partial charge in [0.05, 0.1) is 18.1 Å². The third-order valence-corrected chi connectivity index (χ3v) is 7.54. The molecule has 2 aromatic rings. The molecule has 0 bridgehead atoms. The fraction of sp³-hybridized carbons (Fsp3) is 0.381. The molecule has 0 aliphatic carbocycles. The number of amides is 1. The molecule has 29 heavy (non-hydrogen) atoms. The number of sulfone groups is 1. The lowest BCUT2D eigenvalue weighted by atomic mass is 9.98. The topological polar surface area (TPSA) is 105 Å². The monoisotopic (exact) mass is 419 g/mol. The van der Waals surface area contributed by atoms with Gasteiger partial charge in [-0.1, -0.05) is 30.3 Å². The molecule has 1 amide bonds. The molecule has 7 nitrogen and oxygen atoms in total. The van der Waals surface area contributed by atoms with E-state index < -0.39 is 20.5 Å². The van der Waals surface area contributed by atoms with Crippen molar-refractivity contribution in [3.05, 3.63) is 60.2 Å². The lowest BCUT2D eigenvalue weighted by Crippen LogP contribution is -2.53. The number of ether oxygens (including phenoxy) is 3. The van der Waals surface area contributed by atoms with Gasteiger partial charge in [-0.05, 0) is 42.7 Å². The van der Waals surface area contributed by atoms with Crippen LogP contribution in [-0.4, -0.2) is 45.5 Å². The molecule has 1 aliphatic rings. The van der Waals surface area contributed by atoms with Crippen molar-refractivity contribution in [1.29, 1.82) is 0 Å². The number of rotatable bonds is 9. The molecule has 1 aliphatic heterocycles. The van der Waals surface area contributed by atoms with E-state index in [-0.39, 0.29) is 31.0 Å². The van der Waals surface area contributed by atoms with Crippen molar-refractivity contribution >= 4 is 15.7 Å². The van der Waals surface area contributed by atoms with Crippen LogP contribution >= 0.6 is 0 Å². The second-order valence-corrected chi connectivity index (χ2v) is 9.09. The number of carbonyl (C=O) groups is 1. The van der Waals surface area contributed by atoms with Gasteiger partial charge in [0.1, 0.15) is 12.4 Å². The number of primary amides is 1. The quantitative estimate of drug-likeness (QED) is 0.624. The van der Waals surface area contributed by atoms with Crippen molar-refractivity contribution in [1.82, 2.24) is 0 Å². The van der Waals surface area contributed by atoms with Crippen molar-refractivity contribution in [2.45, 2.75) is 29.1 Å². The first-order chi connectivity index (χ1) is 14.0. The first-order valence-corrected chi connectivity index (χ1v) is 10.9. The molecule has 0 aromatic heterocycles. The van der Waals surface area contributed by atoms with E-state index in [1.807, 2.05) is 30.3 Å². The van der Waals surface area contributed by atoms with Gasteiger partial charge >= 0.3 is 0 Å². The van der Waals surface area contributed by atoms with Crippen LogP contribution in [0.3, 0.4) is 0 Å². The van der Waals surface area contributed by atoms with Crippen molar-refractivity contribution in [3.63, 3.8) is 0 Å². The van der Waals surface area contributed by atoms with Gasteiger partial charge in [-0.25, -0.2) is 8.42 Å². The lowest BCUT2D eigenvalue weighted by Gasteiger charge is -2.33. The average molecular weight is 419 g/mol. The molecule has 0 unspecified atom stereocenters. The third kappa shape index (κ3) is 4.77. The molecule has 156 valence electrons. The standard InChI is InChI=1S/C21H25NO6S/c22-20(23)21(10-12-26-13-11-21)29(24,25)19-8-6-18(7-9-19)28-15-14-27-16-17-4-2-1-3-5-17/h1-9H,10-16H2,(H2,22,23). The highest BCUT2D eigenvalue weighted by atomic mass is 32.2. The fourth-order valence-corrected chi connectivity index (χ4v) is 5.19. The fourth-order valence-electron chi connectivity index (χ4n) is 3.27. The minimum absolute atomic E-state index is 0.0471. The van der Waals surface area contributed by atoms with E-state index in [4.69, 9.17) is 19.9 Å². The van der Waals surface area contributed by atoms with Crippen LogP contribution < -0.4 is 10.5 Å². The van der Waals surface area contributed by atoms with Gasteiger partial charge in [0, 0.05) is 13.2 Å². The Labute approximate surface area is 170 Å². The SMILES string of the molecule is NC(=O)C1(S(=O)(=O)c2ccc(OCCOCc3ccccc3)cc2)CCOCC1. The maximum atomic E-state index is 13.1. The van der Waals surface area contributed by atoms with Crippen LogP contribution in [-0.2, 0) is 30.7 Å². The lowest BCUT2D eigenvalue weighted by molar-refractivity contribution is -0.122. The summed E-state index contributed by atoms with van der Waals surface area (Å²) in [6.45, 7) is 1.61. The first-order valence-electron chi connectivity index (χ1n) is 9.42. The average Bonchev–Trinajstić information content (AvgIpc) is 2.75. The van der Waals surface area contributed by atoms with E-state index in [0.717, 1.165) is 5.56 Å². The summed E-state index contributed by atoms with van der Waals surface area (Å²) in [4.78, 5) is 12.1. The van der Waals surface area contributed by atoms with Gasteiger partial charge in [0.25, 0.3) is 0 Å². The molecule has 2 aromatic carbocycles. The van der Waals surface area contributed by atoms with E-state index in [9.17, 15) is 13.2 Å². The number of nitrogens with two attached hydrogens (primary N) is 1. The Morgan fingerprint density at radius 2 is 1.66 bits per heavy atom. The molecule has 0 atom stereocenters. The number of hydrogen-bond donors (Lipinski definition) is 1. The predicted molar refractivity (Wildman–Crippen MR) is 107 cm³/mol. The Morgan fingerprint density at radius 1 is 1.00 bits per heavy atom. The number of hydrogen-bond acceptors (Lipinski definition) is 6. The number of benzene rings is 2. The molecule has 8 heteroatoms. The molecular formula is C21H25NO6S. The minimum Gasteiger partial charge on any atom is -0.491 e. The summed E-state index contributed by atoms with van der Waals surface area (Å²) >= 11 is 0. The predicted octanol–water partition coefficient (Wildman–Crippen LogP) is 2.09. The van der Waals surface area contributed by atoms with E-state index in [0.29, 0.717) is 25.6 Å². The van der Waals surface area contributed by atoms with E-state index in [1.165, 1.54) is 12.1 Å². The Morgan fingerprint density at radius 3 is 2.28 bits per heavy atom. The Bertz CT molecular complexity index is 906. The Hall–Kier alpha value is -2.42. The second-order valence-electron chi connectivity index (χ2n) is 6.83. The van der Waals surface area contributed by atoms with Crippen LogP contribution in [0.5, 0.6) is 5.75 Å². The minimum atomic E-state index is -3.93. The van der Waals surface area contributed by atoms with E-state index in [1.54, 1.807) is 12.1 Å². The first kappa shape index (κ1) is 21.3. The zero-order chi connectivity index (χ0) is 20.7. The molecule has 0 radical (unpaired) electrons. The molecule has 0 spiro atoms. The zero-order valence-corrected chi connectivity index (χ0v) is 16.9. The van der Waals surface area contributed by atoms with E-state index in [2.05, 4.69) is 0 Å². The van der Waals surface area contributed by atoms with Crippen LogP contribution in [0.15, 0.2) is 59.5 Å². The molecular weight excluding hydrogens is 394 g/mol. The number of carbonyl (C=O) groups excluding carboxylic acids is 1. The van der Waals surface area contributed by atoms with Crippen molar-refractivity contribution in [2.24, 2.45) is 5.73 Å². The largest absolute Gasteiger partial charge is 0.491 e. The van der Waals surface area contributed by atoms with Gasteiger partial charge < -0.3 is 19.9 Å².